The van der Waals surface area contributed by atoms with E-state index in [0.29, 0.717) is 12.0 Å². The fourth-order valence-electron chi connectivity index (χ4n) is 2.15. The van der Waals surface area contributed by atoms with E-state index >= 15 is 0 Å². The van der Waals surface area contributed by atoms with Gasteiger partial charge in [0.1, 0.15) is 0 Å². The maximum Gasteiger partial charge on any atom is 0.0847 e. The Kier molecular flexibility index (Phi) is 6.16. The summed E-state index contributed by atoms with van der Waals surface area (Å²) in [4.78, 5) is 0. The molecule has 0 bridgehead atoms. The van der Waals surface area contributed by atoms with Crippen LogP contribution >= 0.6 is 11.6 Å². The second kappa shape index (κ2) is 7.15. The summed E-state index contributed by atoms with van der Waals surface area (Å²) in [6, 6.07) is 0.462. The van der Waals surface area contributed by atoms with Gasteiger partial charge in [0, 0.05) is 19.0 Å². The van der Waals surface area contributed by atoms with Gasteiger partial charge < -0.3 is 5.32 Å². The molecule has 1 unspecified atom stereocenters. The Morgan fingerprint density at radius 2 is 2.00 bits per heavy atom. The average molecular weight is 272 g/mol. The fraction of sp³-hybridized carbons (Fsp3) is 0.786. The van der Waals surface area contributed by atoms with Crippen LogP contribution in [0.4, 0.5) is 0 Å². The minimum atomic E-state index is 0.462. The van der Waals surface area contributed by atoms with Crippen LogP contribution in [-0.2, 0) is 13.0 Å². The first-order valence-corrected chi connectivity index (χ1v) is 7.34. The summed E-state index contributed by atoms with van der Waals surface area (Å²) in [5, 5.41) is 8.92. The van der Waals surface area contributed by atoms with E-state index in [1.165, 1.54) is 5.69 Å². The number of aryl methyl sites for hydroxylation is 2. The van der Waals surface area contributed by atoms with Gasteiger partial charge >= 0.3 is 0 Å². The van der Waals surface area contributed by atoms with E-state index in [2.05, 4.69) is 38.1 Å². The molecule has 1 rings (SSSR count). The van der Waals surface area contributed by atoms with Crippen molar-refractivity contribution in [1.29, 1.82) is 0 Å². The number of rotatable bonds is 7. The van der Waals surface area contributed by atoms with Crippen molar-refractivity contribution in [1.82, 2.24) is 15.1 Å². The molecule has 0 amide bonds. The van der Waals surface area contributed by atoms with E-state index in [1.54, 1.807) is 0 Å². The van der Waals surface area contributed by atoms with Crippen LogP contribution < -0.4 is 5.32 Å². The Balaban J connectivity index is 2.85. The van der Waals surface area contributed by atoms with Gasteiger partial charge in [-0.1, -0.05) is 32.4 Å². The first-order chi connectivity index (χ1) is 8.51. The van der Waals surface area contributed by atoms with Crippen LogP contribution in [0.25, 0.3) is 0 Å². The highest BCUT2D eigenvalue weighted by atomic mass is 35.5. The normalized spacial score (nSPS) is 13.3. The van der Waals surface area contributed by atoms with Gasteiger partial charge in [0.05, 0.1) is 16.4 Å². The van der Waals surface area contributed by atoms with Crippen molar-refractivity contribution in [2.75, 3.05) is 6.54 Å². The maximum absolute atomic E-state index is 6.36. The molecule has 0 saturated carbocycles. The maximum atomic E-state index is 6.36. The van der Waals surface area contributed by atoms with E-state index in [0.717, 1.165) is 36.6 Å². The molecule has 0 aromatic carbocycles. The lowest BCUT2D eigenvalue weighted by Crippen LogP contribution is -2.37. The van der Waals surface area contributed by atoms with Crippen molar-refractivity contribution in [3.63, 3.8) is 0 Å². The molecule has 0 fully saturated rings. The molecule has 3 nitrogen and oxygen atoms in total. The highest BCUT2D eigenvalue weighted by Gasteiger charge is 2.19. The molecule has 18 heavy (non-hydrogen) atoms. The number of halogens is 1. The van der Waals surface area contributed by atoms with Crippen molar-refractivity contribution >= 4 is 11.6 Å². The van der Waals surface area contributed by atoms with Crippen LogP contribution in [0.2, 0.25) is 5.02 Å². The van der Waals surface area contributed by atoms with Gasteiger partial charge in [-0.2, -0.15) is 5.10 Å². The smallest absolute Gasteiger partial charge is 0.0847 e. The lowest BCUT2D eigenvalue weighted by Gasteiger charge is -2.22. The SMILES string of the molecule is CCCNC(Cc1c(Cl)c(C)nn1CC)C(C)C. The van der Waals surface area contributed by atoms with E-state index < -0.39 is 0 Å². The second-order valence-corrected chi connectivity index (χ2v) is 5.55. The zero-order valence-electron chi connectivity index (χ0n) is 12.3. The summed E-state index contributed by atoms with van der Waals surface area (Å²) in [6.45, 7) is 12.7. The Bertz CT molecular complexity index is 371. The summed E-state index contributed by atoms with van der Waals surface area (Å²) in [5.74, 6) is 0.591. The second-order valence-electron chi connectivity index (χ2n) is 5.17. The number of hydrogen-bond acceptors (Lipinski definition) is 2. The van der Waals surface area contributed by atoms with Gasteiger partial charge in [0.15, 0.2) is 0 Å². The molecular weight excluding hydrogens is 246 g/mol. The molecule has 1 N–H and O–H groups in total. The van der Waals surface area contributed by atoms with Gasteiger partial charge in [-0.05, 0) is 32.7 Å². The van der Waals surface area contributed by atoms with E-state index in [-0.39, 0.29) is 0 Å². The average Bonchev–Trinajstić information content (AvgIpc) is 2.61. The van der Waals surface area contributed by atoms with Crippen LogP contribution in [0.1, 0.15) is 45.5 Å². The van der Waals surface area contributed by atoms with Crippen molar-refractivity contribution in [3.05, 3.63) is 16.4 Å². The van der Waals surface area contributed by atoms with Crippen LogP contribution in [0.3, 0.4) is 0 Å². The highest BCUT2D eigenvalue weighted by molar-refractivity contribution is 6.31. The van der Waals surface area contributed by atoms with Gasteiger partial charge in [0.2, 0.25) is 0 Å². The topological polar surface area (TPSA) is 29.9 Å². The Labute approximate surface area is 116 Å². The van der Waals surface area contributed by atoms with Gasteiger partial charge in [-0.15, -0.1) is 0 Å². The Morgan fingerprint density at radius 1 is 1.33 bits per heavy atom. The lowest BCUT2D eigenvalue weighted by atomic mass is 9.99. The third kappa shape index (κ3) is 3.72. The van der Waals surface area contributed by atoms with Gasteiger partial charge in [-0.25, -0.2) is 0 Å². The molecule has 4 heteroatoms. The third-order valence-electron chi connectivity index (χ3n) is 3.33. The predicted molar refractivity (Wildman–Crippen MR) is 78.3 cm³/mol. The molecule has 0 spiro atoms. The van der Waals surface area contributed by atoms with Crippen molar-refractivity contribution in [2.24, 2.45) is 5.92 Å². The first-order valence-electron chi connectivity index (χ1n) is 6.96. The molecule has 1 aromatic heterocycles. The Hall–Kier alpha value is -0.540. The van der Waals surface area contributed by atoms with Crippen LogP contribution in [0.5, 0.6) is 0 Å². The molecule has 0 radical (unpaired) electrons. The quantitative estimate of drug-likeness (QED) is 0.823. The zero-order chi connectivity index (χ0) is 13.7. The molecule has 104 valence electrons. The minimum Gasteiger partial charge on any atom is -0.313 e. The molecule has 1 heterocycles. The molecule has 1 aromatic rings. The number of hydrogen-bond donors (Lipinski definition) is 1. The van der Waals surface area contributed by atoms with Gasteiger partial charge in [0.25, 0.3) is 0 Å². The summed E-state index contributed by atoms with van der Waals surface area (Å²) in [6.07, 6.45) is 2.11. The van der Waals surface area contributed by atoms with Crippen molar-refractivity contribution in [3.8, 4) is 0 Å². The molecule has 0 saturated heterocycles. The number of aromatic nitrogens is 2. The van der Waals surface area contributed by atoms with E-state index in [1.807, 2.05) is 11.6 Å². The van der Waals surface area contributed by atoms with Crippen LogP contribution in [0.15, 0.2) is 0 Å². The molecule has 0 aliphatic heterocycles. The predicted octanol–water partition coefficient (Wildman–Crippen LogP) is 3.43. The highest BCUT2D eigenvalue weighted by Crippen LogP contribution is 2.23. The summed E-state index contributed by atoms with van der Waals surface area (Å²) in [7, 11) is 0. The monoisotopic (exact) mass is 271 g/mol. The van der Waals surface area contributed by atoms with E-state index in [4.69, 9.17) is 11.6 Å². The molecule has 0 aliphatic carbocycles. The van der Waals surface area contributed by atoms with Crippen molar-refractivity contribution in [2.45, 2.75) is 60.0 Å². The zero-order valence-corrected chi connectivity index (χ0v) is 13.0. The van der Waals surface area contributed by atoms with E-state index in [9.17, 15) is 0 Å². The van der Waals surface area contributed by atoms with Gasteiger partial charge in [-0.3, -0.25) is 4.68 Å². The molecule has 1 atom stereocenters. The first kappa shape index (κ1) is 15.5. The lowest BCUT2D eigenvalue weighted by molar-refractivity contribution is 0.388. The van der Waals surface area contributed by atoms with Crippen LogP contribution in [-0.4, -0.2) is 22.4 Å². The number of nitrogens with zero attached hydrogens (tertiary/aromatic N) is 2. The Morgan fingerprint density at radius 3 is 2.50 bits per heavy atom. The standard InChI is InChI=1S/C14H26ClN3/c1-6-8-16-12(10(3)4)9-13-14(15)11(5)17-18(13)7-2/h10,12,16H,6-9H2,1-5H3. The number of nitrogens with one attached hydrogen (secondary N) is 1. The summed E-state index contributed by atoms with van der Waals surface area (Å²) >= 11 is 6.36. The van der Waals surface area contributed by atoms with Crippen LogP contribution in [0, 0.1) is 12.8 Å². The van der Waals surface area contributed by atoms with Crippen molar-refractivity contribution < 1.29 is 0 Å². The molecular formula is C14H26ClN3. The molecule has 0 aliphatic rings. The summed E-state index contributed by atoms with van der Waals surface area (Å²) in [5.41, 5.74) is 2.10. The minimum absolute atomic E-state index is 0.462. The fourth-order valence-corrected chi connectivity index (χ4v) is 2.36. The third-order valence-corrected chi connectivity index (χ3v) is 3.82. The largest absolute Gasteiger partial charge is 0.313 e. The summed E-state index contributed by atoms with van der Waals surface area (Å²) < 4.78 is 2.03.